The van der Waals surface area contributed by atoms with Gasteiger partial charge in [-0.15, -0.1) is 0 Å². The summed E-state index contributed by atoms with van der Waals surface area (Å²) in [6, 6.07) is 9.18. The maximum absolute atomic E-state index is 13.2. The van der Waals surface area contributed by atoms with Crippen LogP contribution in [0.25, 0.3) is 5.69 Å². The number of benzene rings is 1. The van der Waals surface area contributed by atoms with Crippen molar-refractivity contribution >= 4 is 5.91 Å². The van der Waals surface area contributed by atoms with E-state index in [0.29, 0.717) is 17.7 Å². The third-order valence-corrected chi connectivity index (χ3v) is 5.31. The van der Waals surface area contributed by atoms with Gasteiger partial charge in [0.25, 0.3) is 17.0 Å². The van der Waals surface area contributed by atoms with E-state index in [1.54, 1.807) is 23.8 Å². The summed E-state index contributed by atoms with van der Waals surface area (Å²) in [6.45, 7) is 2.04. The molecule has 1 aromatic carbocycles. The van der Waals surface area contributed by atoms with Crippen LogP contribution in [0.4, 0.5) is 0 Å². The highest BCUT2D eigenvalue weighted by atomic mass is 16.2. The largest absolute Gasteiger partial charge is 0.351 e. The summed E-state index contributed by atoms with van der Waals surface area (Å²) in [5.74, 6) is -0.417. The van der Waals surface area contributed by atoms with Gasteiger partial charge >= 0.3 is 0 Å². The second kappa shape index (κ2) is 7.87. The molecule has 0 saturated carbocycles. The molecule has 0 spiro atoms. The van der Waals surface area contributed by atoms with Crippen molar-refractivity contribution < 1.29 is 4.79 Å². The molecule has 0 radical (unpaired) electrons. The minimum absolute atomic E-state index is 0.141. The zero-order chi connectivity index (χ0) is 20.4. The van der Waals surface area contributed by atoms with Gasteiger partial charge in [-0.25, -0.2) is 4.98 Å². The number of carbonyl (C=O) groups is 1. The number of nitrogens with one attached hydrogen (secondary N) is 2. The first kappa shape index (κ1) is 18.9. The number of aromatic nitrogens is 3. The summed E-state index contributed by atoms with van der Waals surface area (Å²) < 4.78 is 1.57. The molecule has 2 N–H and O–H groups in total. The first-order valence-corrected chi connectivity index (χ1v) is 9.70. The fraction of sp³-hybridized carbons (Fsp3) is 0.273. The second-order valence-corrected chi connectivity index (χ2v) is 7.23. The van der Waals surface area contributed by atoms with Crippen LogP contribution in [-0.4, -0.2) is 27.0 Å². The summed E-state index contributed by atoms with van der Waals surface area (Å²) in [4.78, 5) is 43.7. The van der Waals surface area contributed by atoms with E-state index in [2.05, 4.69) is 21.4 Å². The van der Waals surface area contributed by atoms with E-state index in [1.807, 2.05) is 12.1 Å². The molecule has 4 rings (SSSR count). The van der Waals surface area contributed by atoms with E-state index in [0.717, 1.165) is 24.9 Å². The summed E-state index contributed by atoms with van der Waals surface area (Å²) in [6.07, 6.45) is 6.52. The number of aryl methyl sites for hydroxylation is 2. The van der Waals surface area contributed by atoms with Crippen molar-refractivity contribution in [3.05, 3.63) is 91.5 Å². The van der Waals surface area contributed by atoms with Crippen LogP contribution >= 0.6 is 0 Å². The Morgan fingerprint density at radius 2 is 2.10 bits per heavy atom. The van der Waals surface area contributed by atoms with Crippen molar-refractivity contribution in [2.75, 3.05) is 6.54 Å². The highest BCUT2D eigenvalue weighted by Crippen LogP contribution is 2.27. The molecular formula is C22H22N4O3. The Morgan fingerprint density at radius 1 is 1.24 bits per heavy atom. The van der Waals surface area contributed by atoms with Crippen LogP contribution in [0.2, 0.25) is 0 Å². The normalized spacial score (nSPS) is 12.6. The van der Waals surface area contributed by atoms with Gasteiger partial charge in [0.1, 0.15) is 5.56 Å². The van der Waals surface area contributed by atoms with Crippen LogP contribution in [0.1, 0.15) is 39.2 Å². The smallest absolute Gasteiger partial charge is 0.268 e. The third kappa shape index (κ3) is 3.76. The zero-order valence-electron chi connectivity index (χ0n) is 16.2. The first-order valence-electron chi connectivity index (χ1n) is 9.70. The Kier molecular flexibility index (Phi) is 5.12. The molecule has 1 aliphatic carbocycles. The number of pyridine rings is 1. The predicted molar refractivity (Wildman–Crippen MR) is 110 cm³/mol. The molecule has 0 saturated heterocycles. The molecule has 0 atom stereocenters. The van der Waals surface area contributed by atoms with E-state index < -0.39 is 5.91 Å². The number of carbonyl (C=O) groups excluding carboxylic acids is 1. The molecule has 7 heteroatoms. The van der Waals surface area contributed by atoms with Gasteiger partial charge in [-0.3, -0.25) is 19.0 Å². The number of nitrogens with zero attached hydrogens (tertiary/aromatic N) is 2. The van der Waals surface area contributed by atoms with Crippen molar-refractivity contribution in [2.24, 2.45) is 0 Å². The van der Waals surface area contributed by atoms with E-state index in [9.17, 15) is 14.4 Å². The predicted octanol–water partition coefficient (Wildman–Crippen LogP) is 1.69. The SMILES string of the molecule is Cc1ccn(-c2cccc3c2CCC3)c(=O)c1C(=O)NCCc1cc(=O)[nH]cn1. The van der Waals surface area contributed by atoms with Crippen molar-refractivity contribution in [1.82, 2.24) is 19.9 Å². The molecule has 7 nitrogen and oxygen atoms in total. The summed E-state index contributed by atoms with van der Waals surface area (Å²) in [7, 11) is 0. The minimum atomic E-state index is -0.417. The number of rotatable bonds is 5. The quantitative estimate of drug-likeness (QED) is 0.693. The lowest BCUT2D eigenvalue weighted by molar-refractivity contribution is 0.0951. The van der Waals surface area contributed by atoms with Gasteiger partial charge in [-0.05, 0) is 55.0 Å². The van der Waals surface area contributed by atoms with Crippen LogP contribution < -0.4 is 16.4 Å². The van der Waals surface area contributed by atoms with Gasteiger partial charge in [0.15, 0.2) is 0 Å². The zero-order valence-corrected chi connectivity index (χ0v) is 16.2. The maximum Gasteiger partial charge on any atom is 0.268 e. The highest BCUT2D eigenvalue weighted by molar-refractivity contribution is 5.95. The molecule has 1 aliphatic rings. The summed E-state index contributed by atoms with van der Waals surface area (Å²) in [5, 5.41) is 2.78. The average molecular weight is 390 g/mol. The van der Waals surface area contributed by atoms with E-state index in [1.165, 1.54) is 23.5 Å². The van der Waals surface area contributed by atoms with Gasteiger partial charge < -0.3 is 10.3 Å². The van der Waals surface area contributed by atoms with Gasteiger partial charge in [0, 0.05) is 30.9 Å². The fourth-order valence-electron chi connectivity index (χ4n) is 3.86. The lowest BCUT2D eigenvalue weighted by Crippen LogP contribution is -2.34. The number of H-pyrrole nitrogens is 1. The Bertz CT molecular complexity index is 1190. The first-order chi connectivity index (χ1) is 14.0. The van der Waals surface area contributed by atoms with Crippen LogP contribution in [0.15, 0.2) is 52.4 Å². The second-order valence-electron chi connectivity index (χ2n) is 7.23. The molecule has 3 aromatic rings. The molecular weight excluding hydrogens is 368 g/mol. The Hall–Kier alpha value is -3.48. The van der Waals surface area contributed by atoms with Gasteiger partial charge in [-0.1, -0.05) is 12.1 Å². The van der Waals surface area contributed by atoms with E-state index in [4.69, 9.17) is 0 Å². The fourth-order valence-corrected chi connectivity index (χ4v) is 3.86. The van der Waals surface area contributed by atoms with Crippen LogP contribution in [-0.2, 0) is 19.3 Å². The summed E-state index contributed by atoms with van der Waals surface area (Å²) in [5.41, 5.74) is 4.10. The third-order valence-electron chi connectivity index (χ3n) is 5.31. The van der Waals surface area contributed by atoms with Gasteiger partial charge in [0.2, 0.25) is 0 Å². The minimum Gasteiger partial charge on any atom is -0.351 e. The molecule has 2 heterocycles. The van der Waals surface area contributed by atoms with Crippen molar-refractivity contribution in [3.8, 4) is 5.69 Å². The average Bonchev–Trinajstić information content (AvgIpc) is 3.17. The number of aromatic amines is 1. The molecule has 0 fully saturated rings. The van der Waals surface area contributed by atoms with Crippen molar-refractivity contribution in [1.29, 1.82) is 0 Å². The molecule has 1 amide bonds. The number of hydrogen-bond acceptors (Lipinski definition) is 4. The number of hydrogen-bond donors (Lipinski definition) is 2. The lowest BCUT2D eigenvalue weighted by atomic mass is 10.1. The molecule has 148 valence electrons. The Balaban J connectivity index is 1.59. The van der Waals surface area contributed by atoms with Crippen molar-refractivity contribution in [2.45, 2.75) is 32.6 Å². The van der Waals surface area contributed by atoms with E-state index >= 15 is 0 Å². The van der Waals surface area contributed by atoms with Crippen LogP contribution in [0.3, 0.4) is 0 Å². The standard InChI is InChI=1S/C22H22N4O3/c1-14-9-11-26(18-7-3-5-15-4-2-6-17(15)18)22(29)20(14)21(28)23-10-8-16-12-19(27)25-13-24-16/h3,5,7,9,11-13H,2,4,6,8,10H2,1H3,(H,23,28)(H,24,25,27). The van der Waals surface area contributed by atoms with Crippen LogP contribution in [0.5, 0.6) is 0 Å². The monoisotopic (exact) mass is 390 g/mol. The van der Waals surface area contributed by atoms with Gasteiger partial charge in [-0.2, -0.15) is 0 Å². The molecule has 0 aliphatic heterocycles. The molecule has 0 unspecified atom stereocenters. The topological polar surface area (TPSA) is 96.9 Å². The maximum atomic E-state index is 13.2. The lowest BCUT2D eigenvalue weighted by Gasteiger charge is -2.14. The summed E-state index contributed by atoms with van der Waals surface area (Å²) >= 11 is 0. The van der Waals surface area contributed by atoms with Crippen LogP contribution in [0, 0.1) is 6.92 Å². The number of fused-ring (bicyclic) bond motifs is 1. The Morgan fingerprint density at radius 3 is 2.93 bits per heavy atom. The number of amides is 1. The molecule has 29 heavy (non-hydrogen) atoms. The van der Waals surface area contributed by atoms with Gasteiger partial charge in [0.05, 0.1) is 12.0 Å². The van der Waals surface area contributed by atoms with Crippen molar-refractivity contribution in [3.63, 3.8) is 0 Å². The van der Waals surface area contributed by atoms with E-state index in [-0.39, 0.29) is 23.2 Å². The molecule has 0 bridgehead atoms. The Labute approximate surface area is 167 Å². The molecule has 2 aromatic heterocycles. The highest BCUT2D eigenvalue weighted by Gasteiger charge is 2.20.